The van der Waals surface area contributed by atoms with E-state index >= 15 is 0 Å². The van der Waals surface area contributed by atoms with Crippen LogP contribution in [0.1, 0.15) is 31.1 Å². The molecule has 2 heteroatoms. The topological polar surface area (TPSA) is 39.2 Å². The van der Waals surface area contributed by atoms with Crippen molar-refractivity contribution in [3.05, 3.63) is 47.9 Å². The van der Waals surface area contributed by atoms with Gasteiger partial charge in [-0.05, 0) is 30.0 Å². The van der Waals surface area contributed by atoms with E-state index in [2.05, 4.69) is 31.2 Å². The van der Waals surface area contributed by atoms with Gasteiger partial charge in [0, 0.05) is 5.56 Å². The molecule has 0 aliphatic rings. The summed E-state index contributed by atoms with van der Waals surface area (Å²) in [6.45, 7) is 2.66. The molecule has 2 nitrogen and oxygen atoms in total. The van der Waals surface area contributed by atoms with Crippen LogP contribution < -0.4 is 5.73 Å². The van der Waals surface area contributed by atoms with Crippen LogP contribution in [0.2, 0.25) is 0 Å². The zero-order valence-electron chi connectivity index (χ0n) is 10.3. The van der Waals surface area contributed by atoms with Gasteiger partial charge in [0.25, 0.3) is 0 Å². The van der Waals surface area contributed by atoms with Gasteiger partial charge < -0.3 is 10.2 Å². The molecule has 1 heterocycles. The second-order valence-electron chi connectivity index (χ2n) is 4.26. The van der Waals surface area contributed by atoms with Crippen molar-refractivity contribution in [3.63, 3.8) is 0 Å². The number of hydrogen-bond donors (Lipinski definition) is 1. The van der Waals surface area contributed by atoms with E-state index in [1.54, 1.807) is 6.26 Å². The van der Waals surface area contributed by atoms with Crippen molar-refractivity contribution in [2.24, 2.45) is 5.73 Å². The van der Waals surface area contributed by atoms with E-state index in [1.165, 1.54) is 24.0 Å². The van der Waals surface area contributed by atoms with Crippen LogP contribution in [0.5, 0.6) is 0 Å². The summed E-state index contributed by atoms with van der Waals surface area (Å²) in [4.78, 5) is 0. The van der Waals surface area contributed by atoms with E-state index in [0.717, 1.165) is 17.7 Å². The van der Waals surface area contributed by atoms with Gasteiger partial charge in [0.1, 0.15) is 5.76 Å². The van der Waals surface area contributed by atoms with E-state index in [-0.39, 0.29) is 0 Å². The van der Waals surface area contributed by atoms with E-state index in [1.807, 2.05) is 6.07 Å². The van der Waals surface area contributed by atoms with Gasteiger partial charge in [-0.1, -0.05) is 37.6 Å². The predicted molar refractivity (Wildman–Crippen MR) is 70.6 cm³/mol. The Bertz CT molecular complexity index is 456. The fraction of sp³-hybridized carbons (Fsp3) is 0.333. The molecule has 1 aromatic carbocycles. The molecule has 0 amide bonds. The second-order valence-corrected chi connectivity index (χ2v) is 4.26. The van der Waals surface area contributed by atoms with Crippen molar-refractivity contribution in [2.45, 2.75) is 32.7 Å². The largest absolute Gasteiger partial charge is 0.467 e. The molecule has 2 rings (SSSR count). The quantitative estimate of drug-likeness (QED) is 0.848. The molecule has 0 saturated heterocycles. The molecule has 0 aliphatic carbocycles. The van der Waals surface area contributed by atoms with Crippen LogP contribution in [-0.2, 0) is 13.0 Å². The maximum absolute atomic E-state index is 5.63. The molecule has 17 heavy (non-hydrogen) atoms. The molecule has 90 valence electrons. The van der Waals surface area contributed by atoms with Crippen LogP contribution in [0.4, 0.5) is 0 Å². The summed E-state index contributed by atoms with van der Waals surface area (Å²) in [5, 5.41) is 0. The Kier molecular flexibility index (Phi) is 3.99. The Morgan fingerprint density at radius 3 is 2.53 bits per heavy atom. The number of unbranched alkanes of at least 4 members (excludes halogenated alkanes) is 1. The van der Waals surface area contributed by atoms with Crippen LogP contribution >= 0.6 is 0 Å². The highest BCUT2D eigenvalue weighted by Gasteiger charge is 2.06. The molecule has 2 aromatic rings. The summed E-state index contributed by atoms with van der Waals surface area (Å²) < 4.78 is 5.34. The van der Waals surface area contributed by atoms with E-state index in [4.69, 9.17) is 10.2 Å². The number of hydrogen-bond acceptors (Lipinski definition) is 2. The summed E-state index contributed by atoms with van der Waals surface area (Å²) in [5.74, 6) is 0.853. The van der Waals surface area contributed by atoms with Gasteiger partial charge in [-0.2, -0.15) is 0 Å². The third-order valence-electron chi connectivity index (χ3n) is 3.01. The third-order valence-corrected chi connectivity index (χ3v) is 3.01. The summed E-state index contributed by atoms with van der Waals surface area (Å²) in [6, 6.07) is 10.7. The highest BCUT2D eigenvalue weighted by Crippen LogP contribution is 2.25. The lowest BCUT2D eigenvalue weighted by Crippen LogP contribution is -1.95. The van der Waals surface area contributed by atoms with E-state index < -0.39 is 0 Å². The minimum absolute atomic E-state index is 0.444. The van der Waals surface area contributed by atoms with Crippen LogP contribution in [0.3, 0.4) is 0 Å². The second kappa shape index (κ2) is 5.69. The highest BCUT2D eigenvalue weighted by atomic mass is 16.3. The molecule has 0 bridgehead atoms. The monoisotopic (exact) mass is 229 g/mol. The first-order valence-corrected chi connectivity index (χ1v) is 6.21. The molecule has 0 aliphatic heterocycles. The minimum atomic E-state index is 0.444. The van der Waals surface area contributed by atoms with Crippen molar-refractivity contribution in [2.75, 3.05) is 0 Å². The number of furan rings is 1. The summed E-state index contributed by atoms with van der Waals surface area (Å²) in [7, 11) is 0. The number of rotatable bonds is 5. The summed E-state index contributed by atoms with van der Waals surface area (Å²) in [6.07, 6.45) is 5.34. The summed E-state index contributed by atoms with van der Waals surface area (Å²) in [5.41, 5.74) is 9.32. The number of aryl methyl sites for hydroxylation is 1. The first-order chi connectivity index (χ1) is 8.35. The van der Waals surface area contributed by atoms with Gasteiger partial charge >= 0.3 is 0 Å². The Labute approximate surface area is 102 Å². The zero-order chi connectivity index (χ0) is 12.1. The lowest BCUT2D eigenvalue weighted by Gasteiger charge is -2.03. The first-order valence-electron chi connectivity index (χ1n) is 6.21. The van der Waals surface area contributed by atoms with Gasteiger partial charge in [-0.25, -0.2) is 0 Å². The average molecular weight is 229 g/mol. The first kappa shape index (κ1) is 11.9. The highest BCUT2D eigenvalue weighted by molar-refractivity contribution is 5.65. The lowest BCUT2D eigenvalue weighted by atomic mass is 10.0. The Morgan fingerprint density at radius 1 is 1.12 bits per heavy atom. The van der Waals surface area contributed by atoms with Crippen LogP contribution in [0.15, 0.2) is 41.0 Å². The van der Waals surface area contributed by atoms with Crippen molar-refractivity contribution in [1.82, 2.24) is 0 Å². The zero-order valence-corrected chi connectivity index (χ0v) is 10.3. The van der Waals surface area contributed by atoms with Crippen molar-refractivity contribution in [3.8, 4) is 11.1 Å². The molecule has 1 aromatic heterocycles. The van der Waals surface area contributed by atoms with E-state index in [0.29, 0.717) is 6.54 Å². The fourth-order valence-corrected chi connectivity index (χ4v) is 1.99. The van der Waals surface area contributed by atoms with Gasteiger partial charge in [0.05, 0.1) is 12.8 Å². The fourth-order valence-electron chi connectivity index (χ4n) is 1.99. The van der Waals surface area contributed by atoms with Gasteiger partial charge in [0.2, 0.25) is 0 Å². The molecule has 0 unspecified atom stereocenters. The molecular weight excluding hydrogens is 210 g/mol. The predicted octanol–water partition coefficient (Wildman–Crippen LogP) is 3.75. The normalized spacial score (nSPS) is 10.7. The van der Waals surface area contributed by atoms with Crippen molar-refractivity contribution >= 4 is 0 Å². The smallest absolute Gasteiger partial charge is 0.125 e. The van der Waals surface area contributed by atoms with Crippen molar-refractivity contribution in [1.29, 1.82) is 0 Å². The SMILES string of the molecule is CCCCc1ccc(-c2ccoc2CN)cc1. The standard InChI is InChI=1S/C15H19NO/c1-2-3-4-12-5-7-13(8-6-12)14-9-10-17-15(14)11-16/h5-10H,2-4,11,16H2,1H3. The lowest BCUT2D eigenvalue weighted by molar-refractivity contribution is 0.513. The molecule has 0 saturated carbocycles. The minimum Gasteiger partial charge on any atom is -0.467 e. The number of benzene rings is 1. The molecule has 2 N–H and O–H groups in total. The van der Waals surface area contributed by atoms with Gasteiger partial charge in [-0.3, -0.25) is 0 Å². The third kappa shape index (κ3) is 2.77. The average Bonchev–Trinajstić information content (AvgIpc) is 2.85. The van der Waals surface area contributed by atoms with Crippen LogP contribution in [0.25, 0.3) is 11.1 Å². The Morgan fingerprint density at radius 2 is 1.88 bits per heavy atom. The van der Waals surface area contributed by atoms with Gasteiger partial charge in [-0.15, -0.1) is 0 Å². The Balaban J connectivity index is 2.17. The van der Waals surface area contributed by atoms with Crippen LogP contribution in [-0.4, -0.2) is 0 Å². The van der Waals surface area contributed by atoms with E-state index in [9.17, 15) is 0 Å². The number of nitrogens with two attached hydrogens (primary N) is 1. The molecule has 0 fully saturated rings. The van der Waals surface area contributed by atoms with Crippen LogP contribution in [0, 0.1) is 0 Å². The van der Waals surface area contributed by atoms with Gasteiger partial charge in [0.15, 0.2) is 0 Å². The van der Waals surface area contributed by atoms with Crippen molar-refractivity contribution < 1.29 is 4.42 Å². The molecule has 0 spiro atoms. The summed E-state index contributed by atoms with van der Waals surface area (Å²) >= 11 is 0. The molecule has 0 radical (unpaired) electrons. The Hall–Kier alpha value is -1.54. The molecular formula is C15H19NO. The maximum atomic E-state index is 5.63. The maximum Gasteiger partial charge on any atom is 0.125 e. The molecule has 0 atom stereocenters.